The lowest BCUT2D eigenvalue weighted by molar-refractivity contribution is -0.305. The first-order chi connectivity index (χ1) is 21.8. The summed E-state index contributed by atoms with van der Waals surface area (Å²) in [6.45, 7) is 8.51. The fourth-order valence-corrected chi connectivity index (χ4v) is 4.72. The van der Waals surface area contributed by atoms with Gasteiger partial charge in [0.15, 0.2) is 6.10 Å². The largest absolute Gasteiger partial charge is 0.550 e. The summed E-state index contributed by atoms with van der Waals surface area (Å²) in [6, 6.07) is 0. The van der Waals surface area contributed by atoms with Crippen molar-refractivity contribution in [3.8, 4) is 0 Å². The Kier molecular flexibility index (Phi) is 36.4. The normalized spacial score (nSPS) is 10.7. The number of carbonyl (C=O) groups excluding carboxylic acids is 4. The van der Waals surface area contributed by atoms with Crippen LogP contribution in [0.25, 0.3) is 0 Å². The Bertz CT molecular complexity index is 664. The van der Waals surface area contributed by atoms with Gasteiger partial charge < -0.3 is 24.1 Å². The molecule has 0 aliphatic carbocycles. The molecule has 0 aromatic heterocycles. The average Bonchev–Trinajstić information content (AvgIpc) is 3.01. The lowest BCUT2D eigenvalue weighted by Gasteiger charge is -2.18. The van der Waals surface area contributed by atoms with Crippen LogP contribution in [0.5, 0.6) is 0 Å². The molecule has 0 bridgehead atoms. The maximum Gasteiger partial charge on any atom is 0.306 e. The highest BCUT2D eigenvalue weighted by Crippen LogP contribution is 2.11. The van der Waals surface area contributed by atoms with Gasteiger partial charge >= 0.3 is 17.9 Å². The molecule has 0 aliphatic heterocycles. The molecule has 0 spiro atoms. The van der Waals surface area contributed by atoms with Crippen molar-refractivity contribution in [1.82, 2.24) is 0 Å². The molecule has 0 N–H and O–H groups in total. The van der Waals surface area contributed by atoms with Gasteiger partial charge in [0.1, 0.15) is 13.2 Å². The van der Waals surface area contributed by atoms with E-state index >= 15 is 0 Å². The van der Waals surface area contributed by atoms with E-state index in [1.165, 1.54) is 51.4 Å². The molecule has 0 unspecified atom stereocenters. The molecule has 0 rings (SSSR count). The molecule has 0 aromatic rings. The van der Waals surface area contributed by atoms with Crippen molar-refractivity contribution in [1.29, 1.82) is 0 Å². The van der Waals surface area contributed by atoms with Crippen molar-refractivity contribution in [3.63, 3.8) is 0 Å². The predicted octanol–water partition coefficient (Wildman–Crippen LogP) is 8.94. The van der Waals surface area contributed by atoms with Gasteiger partial charge in [-0.3, -0.25) is 14.4 Å². The number of hydrogen-bond donors (Lipinski definition) is 0. The van der Waals surface area contributed by atoms with Crippen LogP contribution in [0.2, 0.25) is 0 Å². The molecule has 0 heterocycles. The number of ether oxygens (including phenoxy) is 3. The summed E-state index contributed by atoms with van der Waals surface area (Å²) < 4.78 is 16.1. The van der Waals surface area contributed by atoms with E-state index in [-0.39, 0.29) is 37.5 Å². The minimum Gasteiger partial charge on any atom is -0.550 e. The second-order valence-corrected chi connectivity index (χ2v) is 12.2. The summed E-state index contributed by atoms with van der Waals surface area (Å²) in [4.78, 5) is 46.3. The lowest BCUT2D eigenvalue weighted by Crippen LogP contribution is -2.30. The fourth-order valence-electron chi connectivity index (χ4n) is 4.72. The number of aliphatic carboxylic acids is 1. The topological polar surface area (TPSA) is 119 Å². The third-order valence-corrected chi connectivity index (χ3v) is 7.60. The number of rotatable bonds is 31. The second kappa shape index (κ2) is 36.3. The number of carboxylic acids is 1. The Labute approximate surface area is 276 Å². The van der Waals surface area contributed by atoms with Crippen molar-refractivity contribution in [2.24, 2.45) is 0 Å². The first-order valence-electron chi connectivity index (χ1n) is 18.5. The first kappa shape index (κ1) is 45.0. The monoisotopic (exact) mass is 641 g/mol. The second-order valence-electron chi connectivity index (χ2n) is 12.2. The zero-order chi connectivity index (χ0) is 33.8. The molecule has 0 aromatic carbocycles. The van der Waals surface area contributed by atoms with Crippen LogP contribution in [-0.2, 0) is 33.4 Å². The van der Waals surface area contributed by atoms with Crippen LogP contribution in [0.4, 0.5) is 0 Å². The Hall–Kier alpha value is -2.12. The van der Waals surface area contributed by atoms with Gasteiger partial charge in [-0.05, 0) is 32.1 Å². The molecule has 0 radical (unpaired) electrons. The average molecular weight is 642 g/mol. The summed E-state index contributed by atoms with van der Waals surface area (Å²) in [5.41, 5.74) is 0. The molecule has 45 heavy (non-hydrogen) atoms. The minimum absolute atomic E-state index is 0.0703. The Morgan fingerprint density at radius 3 is 1.04 bits per heavy atom. The highest BCUT2D eigenvalue weighted by atomic mass is 16.6. The van der Waals surface area contributed by atoms with E-state index in [2.05, 4.69) is 27.7 Å². The van der Waals surface area contributed by atoms with Crippen molar-refractivity contribution in [3.05, 3.63) is 0 Å². The summed E-state index contributed by atoms with van der Waals surface area (Å²) in [6.07, 6.45) is 24.4. The lowest BCUT2D eigenvalue weighted by atomic mass is 10.1. The van der Waals surface area contributed by atoms with Gasteiger partial charge in [-0.25, -0.2) is 0 Å². The molecule has 8 heteroatoms. The van der Waals surface area contributed by atoms with Crippen LogP contribution in [0.15, 0.2) is 0 Å². The SMILES string of the molecule is CCCCCCCC(=O)OCC(COC(=O)CCCCCCC)OC(=O)CCCCCCC.CCCCCCCCCC(=O)[O-]. The Morgan fingerprint density at radius 1 is 0.422 bits per heavy atom. The maximum atomic E-state index is 12.2. The van der Waals surface area contributed by atoms with Crippen LogP contribution < -0.4 is 5.11 Å². The summed E-state index contributed by atoms with van der Waals surface area (Å²) in [5.74, 6) is -1.84. The zero-order valence-corrected chi connectivity index (χ0v) is 29.6. The smallest absolute Gasteiger partial charge is 0.306 e. The highest BCUT2D eigenvalue weighted by molar-refractivity contribution is 5.71. The van der Waals surface area contributed by atoms with E-state index in [1.807, 2.05) is 0 Å². The van der Waals surface area contributed by atoms with Gasteiger partial charge in [-0.1, -0.05) is 143 Å². The number of hydrogen-bond acceptors (Lipinski definition) is 8. The zero-order valence-electron chi connectivity index (χ0n) is 29.6. The molecule has 0 amide bonds. The van der Waals surface area contributed by atoms with E-state index in [1.54, 1.807) is 0 Å². The van der Waals surface area contributed by atoms with Crippen molar-refractivity contribution in [2.75, 3.05) is 13.2 Å². The molecule has 0 atom stereocenters. The van der Waals surface area contributed by atoms with E-state index in [0.717, 1.165) is 89.9 Å². The van der Waals surface area contributed by atoms with Gasteiger partial charge in [0, 0.05) is 25.2 Å². The maximum absolute atomic E-state index is 12.2. The summed E-state index contributed by atoms with van der Waals surface area (Å²) >= 11 is 0. The van der Waals surface area contributed by atoms with Gasteiger partial charge in [-0.15, -0.1) is 0 Å². The molecule has 0 fully saturated rings. The Balaban J connectivity index is 0. The Morgan fingerprint density at radius 2 is 0.711 bits per heavy atom. The molecule has 0 aliphatic rings. The number of unbranched alkanes of at least 4 members (excludes halogenated alkanes) is 18. The first-order valence-corrected chi connectivity index (χ1v) is 18.5. The minimum atomic E-state index is -0.913. The third-order valence-electron chi connectivity index (χ3n) is 7.60. The van der Waals surface area contributed by atoms with Crippen LogP contribution in [0, 0.1) is 0 Å². The third kappa shape index (κ3) is 38.0. The van der Waals surface area contributed by atoms with Gasteiger partial charge in [0.2, 0.25) is 0 Å². The van der Waals surface area contributed by atoms with E-state index < -0.39 is 12.1 Å². The van der Waals surface area contributed by atoms with Gasteiger partial charge in [-0.2, -0.15) is 0 Å². The molecular formula is C37H69O8-. The van der Waals surface area contributed by atoms with Crippen molar-refractivity contribution < 1.29 is 38.5 Å². The van der Waals surface area contributed by atoms with Crippen molar-refractivity contribution >= 4 is 23.9 Å². The van der Waals surface area contributed by atoms with Gasteiger partial charge in [0.05, 0.1) is 0 Å². The van der Waals surface area contributed by atoms with Crippen LogP contribution in [-0.4, -0.2) is 43.2 Å². The standard InChI is InChI=1S/C27H50O6.C10H20O2/c1-4-7-10-13-16-19-25(28)31-22-24(33-27(30)21-18-15-12-9-6-3)23-32-26(29)20-17-14-11-8-5-2;1-2-3-4-5-6-7-8-9-10(11)12/h24H,4-23H2,1-3H3;2-9H2,1H3,(H,11,12)/p-1. The number of carboxylic acid groups (broad SMARTS) is 1. The van der Waals surface area contributed by atoms with Crippen LogP contribution in [0.1, 0.15) is 195 Å². The molecule has 0 saturated carbocycles. The molecule has 8 nitrogen and oxygen atoms in total. The van der Waals surface area contributed by atoms with E-state index in [0.29, 0.717) is 19.3 Å². The summed E-state index contributed by atoms with van der Waals surface area (Å²) in [7, 11) is 0. The van der Waals surface area contributed by atoms with E-state index in [9.17, 15) is 24.3 Å². The molecule has 266 valence electrons. The number of carbonyl (C=O) groups is 4. The van der Waals surface area contributed by atoms with E-state index in [4.69, 9.17) is 14.2 Å². The van der Waals surface area contributed by atoms with Crippen LogP contribution in [0.3, 0.4) is 0 Å². The summed E-state index contributed by atoms with van der Waals surface area (Å²) in [5, 5.41) is 10.0. The molecule has 0 saturated heterocycles. The van der Waals surface area contributed by atoms with Gasteiger partial charge in [0.25, 0.3) is 0 Å². The number of esters is 3. The highest BCUT2D eigenvalue weighted by Gasteiger charge is 2.19. The fraction of sp³-hybridized carbons (Fsp3) is 0.892. The molecular weight excluding hydrogens is 572 g/mol. The predicted molar refractivity (Wildman–Crippen MR) is 180 cm³/mol. The quantitative estimate of drug-likeness (QED) is 0.0418. The van der Waals surface area contributed by atoms with Crippen LogP contribution >= 0.6 is 0 Å². The van der Waals surface area contributed by atoms with Crippen molar-refractivity contribution in [2.45, 2.75) is 201 Å².